The Morgan fingerprint density at radius 2 is 1.75 bits per heavy atom. The molecule has 0 fully saturated rings. The van der Waals surface area contributed by atoms with Crippen molar-refractivity contribution in [3.8, 4) is 0 Å². The lowest BCUT2D eigenvalue weighted by atomic mass is 10.0. The molecule has 0 atom stereocenters. The average Bonchev–Trinajstić information content (AvgIpc) is 2.76. The highest BCUT2D eigenvalue weighted by atomic mass is 35.5. The highest BCUT2D eigenvalue weighted by Crippen LogP contribution is 2.27. The predicted molar refractivity (Wildman–Crippen MR) is 84.8 cm³/mol. The fourth-order valence-corrected chi connectivity index (χ4v) is 2.57. The molecule has 0 aliphatic carbocycles. The number of fused-ring (bicyclic) bond motifs is 1. The highest BCUT2D eigenvalue weighted by molar-refractivity contribution is 6.42. The molecule has 0 spiro atoms. The van der Waals surface area contributed by atoms with Crippen LogP contribution in [0.1, 0.15) is 22.5 Å². The molecule has 1 heterocycles. The van der Waals surface area contributed by atoms with Gasteiger partial charge < -0.3 is 4.98 Å². The van der Waals surface area contributed by atoms with Crippen LogP contribution < -0.4 is 0 Å². The number of H-pyrrole nitrogens is 1. The Hall–Kier alpha value is -1.51. The second-order valence-corrected chi connectivity index (χ2v) is 5.88. The van der Waals surface area contributed by atoms with Gasteiger partial charge in [-0.05, 0) is 42.7 Å². The molecule has 0 saturated heterocycles. The fourth-order valence-electron chi connectivity index (χ4n) is 2.25. The third-order valence-electron chi connectivity index (χ3n) is 3.52. The number of aromatic amines is 1. The Bertz CT molecular complexity index is 752. The molecule has 0 saturated carbocycles. The van der Waals surface area contributed by atoms with Crippen LogP contribution in [0, 0.1) is 13.8 Å². The molecule has 102 valence electrons. The van der Waals surface area contributed by atoms with Gasteiger partial charge in [0, 0.05) is 6.42 Å². The van der Waals surface area contributed by atoms with E-state index in [2.05, 4.69) is 42.0 Å². The van der Waals surface area contributed by atoms with Crippen molar-refractivity contribution in [1.29, 1.82) is 0 Å². The maximum atomic E-state index is 6.02. The summed E-state index contributed by atoms with van der Waals surface area (Å²) in [6.45, 7) is 4.24. The van der Waals surface area contributed by atoms with E-state index in [4.69, 9.17) is 23.2 Å². The van der Waals surface area contributed by atoms with Crippen molar-refractivity contribution in [1.82, 2.24) is 9.97 Å². The molecule has 0 amide bonds. The Labute approximate surface area is 127 Å². The number of nitrogens with zero attached hydrogens (tertiary/aromatic N) is 1. The lowest BCUT2D eigenvalue weighted by Crippen LogP contribution is -1.92. The number of benzene rings is 2. The SMILES string of the molecule is Cc1ccc(Cc2nc3cc(Cl)c(Cl)cc3[nH]2)cc1C. The summed E-state index contributed by atoms with van der Waals surface area (Å²) < 4.78 is 0. The van der Waals surface area contributed by atoms with Gasteiger partial charge in [0.05, 0.1) is 21.1 Å². The molecule has 2 aromatic carbocycles. The van der Waals surface area contributed by atoms with Crippen LogP contribution in [0.4, 0.5) is 0 Å². The number of nitrogens with one attached hydrogen (secondary N) is 1. The standard InChI is InChI=1S/C16H14Cl2N2/c1-9-3-4-11(5-10(9)2)6-16-19-14-7-12(17)13(18)8-15(14)20-16/h3-5,7-8H,6H2,1-2H3,(H,19,20). The van der Waals surface area contributed by atoms with Crippen LogP contribution >= 0.6 is 23.2 Å². The highest BCUT2D eigenvalue weighted by Gasteiger charge is 2.07. The van der Waals surface area contributed by atoms with Crippen molar-refractivity contribution in [2.75, 3.05) is 0 Å². The molecule has 0 radical (unpaired) electrons. The summed E-state index contributed by atoms with van der Waals surface area (Å²) in [6.07, 6.45) is 0.769. The van der Waals surface area contributed by atoms with E-state index in [1.165, 1.54) is 16.7 Å². The molecule has 0 aliphatic heterocycles. The second-order valence-electron chi connectivity index (χ2n) is 5.06. The predicted octanol–water partition coefficient (Wildman–Crippen LogP) is 5.08. The third kappa shape index (κ3) is 2.54. The molecule has 3 aromatic rings. The molecule has 0 unspecified atom stereocenters. The Balaban J connectivity index is 1.96. The summed E-state index contributed by atoms with van der Waals surface area (Å²) in [7, 11) is 0. The first-order valence-electron chi connectivity index (χ1n) is 6.43. The number of hydrogen-bond acceptors (Lipinski definition) is 1. The lowest BCUT2D eigenvalue weighted by Gasteiger charge is -2.03. The zero-order valence-electron chi connectivity index (χ0n) is 11.3. The minimum absolute atomic E-state index is 0.531. The Morgan fingerprint density at radius 3 is 2.50 bits per heavy atom. The molecule has 1 aromatic heterocycles. The third-order valence-corrected chi connectivity index (χ3v) is 4.24. The van der Waals surface area contributed by atoms with Crippen molar-refractivity contribution < 1.29 is 0 Å². The first-order chi connectivity index (χ1) is 9.52. The van der Waals surface area contributed by atoms with E-state index in [0.29, 0.717) is 10.0 Å². The summed E-state index contributed by atoms with van der Waals surface area (Å²) in [5.74, 6) is 0.918. The first-order valence-corrected chi connectivity index (χ1v) is 7.18. The van der Waals surface area contributed by atoms with E-state index in [1.54, 1.807) is 6.07 Å². The van der Waals surface area contributed by atoms with E-state index in [0.717, 1.165) is 23.3 Å². The monoisotopic (exact) mass is 304 g/mol. The van der Waals surface area contributed by atoms with E-state index in [9.17, 15) is 0 Å². The molecule has 0 aliphatic rings. The average molecular weight is 305 g/mol. The number of imidazole rings is 1. The van der Waals surface area contributed by atoms with Crippen molar-refractivity contribution >= 4 is 34.2 Å². The smallest absolute Gasteiger partial charge is 0.111 e. The molecule has 20 heavy (non-hydrogen) atoms. The molecule has 1 N–H and O–H groups in total. The van der Waals surface area contributed by atoms with E-state index < -0.39 is 0 Å². The van der Waals surface area contributed by atoms with Crippen molar-refractivity contribution in [2.24, 2.45) is 0 Å². The van der Waals surface area contributed by atoms with Gasteiger partial charge in [0.25, 0.3) is 0 Å². The van der Waals surface area contributed by atoms with Crippen LogP contribution in [0.5, 0.6) is 0 Å². The van der Waals surface area contributed by atoms with Crippen LogP contribution in [0.25, 0.3) is 11.0 Å². The lowest BCUT2D eigenvalue weighted by molar-refractivity contribution is 1.03. The summed E-state index contributed by atoms with van der Waals surface area (Å²) >= 11 is 12.0. The van der Waals surface area contributed by atoms with Crippen LogP contribution in [-0.2, 0) is 6.42 Å². The second kappa shape index (κ2) is 5.12. The number of halogens is 2. The van der Waals surface area contributed by atoms with Gasteiger partial charge in [-0.2, -0.15) is 0 Å². The van der Waals surface area contributed by atoms with Crippen LogP contribution in [0.2, 0.25) is 10.0 Å². The largest absolute Gasteiger partial charge is 0.342 e. The van der Waals surface area contributed by atoms with Gasteiger partial charge in [-0.1, -0.05) is 41.4 Å². The number of hydrogen-bond donors (Lipinski definition) is 1. The fraction of sp³-hybridized carbons (Fsp3) is 0.188. The minimum atomic E-state index is 0.531. The van der Waals surface area contributed by atoms with Crippen molar-refractivity contribution in [3.63, 3.8) is 0 Å². The first kappa shape index (κ1) is 13.5. The van der Waals surface area contributed by atoms with Crippen LogP contribution in [0.15, 0.2) is 30.3 Å². The van der Waals surface area contributed by atoms with E-state index >= 15 is 0 Å². The molecular formula is C16H14Cl2N2. The molecular weight excluding hydrogens is 291 g/mol. The zero-order chi connectivity index (χ0) is 14.3. The summed E-state index contributed by atoms with van der Waals surface area (Å²) in [5.41, 5.74) is 5.60. The number of rotatable bonds is 2. The van der Waals surface area contributed by atoms with Gasteiger partial charge in [-0.25, -0.2) is 4.98 Å². The van der Waals surface area contributed by atoms with E-state index in [1.807, 2.05) is 6.07 Å². The topological polar surface area (TPSA) is 28.7 Å². The zero-order valence-corrected chi connectivity index (χ0v) is 12.8. The van der Waals surface area contributed by atoms with Gasteiger partial charge >= 0.3 is 0 Å². The minimum Gasteiger partial charge on any atom is -0.342 e. The normalized spacial score (nSPS) is 11.2. The van der Waals surface area contributed by atoms with Gasteiger partial charge in [0.15, 0.2) is 0 Å². The molecule has 0 bridgehead atoms. The van der Waals surface area contributed by atoms with Gasteiger partial charge in [-0.15, -0.1) is 0 Å². The van der Waals surface area contributed by atoms with Crippen molar-refractivity contribution in [2.45, 2.75) is 20.3 Å². The maximum Gasteiger partial charge on any atom is 0.111 e. The molecule has 2 nitrogen and oxygen atoms in total. The van der Waals surface area contributed by atoms with Gasteiger partial charge in [-0.3, -0.25) is 0 Å². The van der Waals surface area contributed by atoms with Gasteiger partial charge in [0.2, 0.25) is 0 Å². The molecule has 3 rings (SSSR count). The summed E-state index contributed by atoms with van der Waals surface area (Å²) in [4.78, 5) is 7.86. The summed E-state index contributed by atoms with van der Waals surface area (Å²) in [6, 6.07) is 10.1. The maximum absolute atomic E-state index is 6.02. The van der Waals surface area contributed by atoms with Crippen LogP contribution in [-0.4, -0.2) is 9.97 Å². The Morgan fingerprint density at radius 1 is 1.00 bits per heavy atom. The summed E-state index contributed by atoms with van der Waals surface area (Å²) in [5, 5.41) is 1.07. The number of aromatic nitrogens is 2. The quantitative estimate of drug-likeness (QED) is 0.703. The Kier molecular flexibility index (Phi) is 3.45. The van der Waals surface area contributed by atoms with E-state index in [-0.39, 0.29) is 0 Å². The van der Waals surface area contributed by atoms with Crippen molar-refractivity contribution in [3.05, 3.63) is 62.9 Å². The molecule has 4 heteroatoms. The van der Waals surface area contributed by atoms with Gasteiger partial charge in [0.1, 0.15) is 5.82 Å². The number of aryl methyl sites for hydroxylation is 2. The van der Waals surface area contributed by atoms with Crippen LogP contribution in [0.3, 0.4) is 0 Å².